The molecule has 7 heteroatoms. The van der Waals surface area contributed by atoms with Crippen LogP contribution in [-0.4, -0.2) is 45.0 Å². The normalized spacial score (nSPS) is 12.9. The van der Waals surface area contributed by atoms with E-state index in [4.69, 9.17) is 4.74 Å². The molecule has 0 heterocycles. The van der Waals surface area contributed by atoms with E-state index in [1.165, 1.54) is 7.05 Å². The van der Waals surface area contributed by atoms with Crippen LogP contribution in [-0.2, 0) is 20.8 Å². The van der Waals surface area contributed by atoms with Crippen molar-refractivity contribution in [2.45, 2.75) is 6.42 Å². The SMILES string of the molecule is CN(CCOC(=O)CCS)S(=O)[O-]. The first-order valence-corrected chi connectivity index (χ1v) is 5.31. The van der Waals surface area contributed by atoms with Crippen LogP contribution in [0.3, 0.4) is 0 Å². The minimum absolute atomic E-state index is 0.0804. The molecule has 0 N–H and O–H groups in total. The van der Waals surface area contributed by atoms with Crippen molar-refractivity contribution in [1.29, 1.82) is 0 Å². The van der Waals surface area contributed by atoms with E-state index in [9.17, 15) is 13.6 Å². The van der Waals surface area contributed by atoms with Crippen molar-refractivity contribution in [2.24, 2.45) is 0 Å². The van der Waals surface area contributed by atoms with Gasteiger partial charge in [-0.15, -0.1) is 0 Å². The molecule has 0 aliphatic heterocycles. The van der Waals surface area contributed by atoms with Crippen LogP contribution in [0.15, 0.2) is 0 Å². The summed E-state index contributed by atoms with van der Waals surface area (Å²) in [7, 11) is 1.40. The highest BCUT2D eigenvalue weighted by Gasteiger charge is 2.02. The summed E-state index contributed by atoms with van der Waals surface area (Å²) in [4.78, 5) is 10.8. The Kier molecular flexibility index (Phi) is 7.25. The molecule has 13 heavy (non-hydrogen) atoms. The number of rotatable bonds is 6. The van der Waals surface area contributed by atoms with E-state index >= 15 is 0 Å². The first-order chi connectivity index (χ1) is 6.07. The first kappa shape index (κ1) is 12.9. The number of nitrogens with zero attached hydrogens (tertiary/aromatic N) is 1. The van der Waals surface area contributed by atoms with E-state index < -0.39 is 11.3 Å². The molecule has 0 aromatic carbocycles. The van der Waals surface area contributed by atoms with Crippen molar-refractivity contribution in [1.82, 2.24) is 4.31 Å². The molecule has 1 unspecified atom stereocenters. The maximum absolute atomic E-state index is 10.8. The Morgan fingerprint density at radius 1 is 1.69 bits per heavy atom. The van der Waals surface area contributed by atoms with Crippen molar-refractivity contribution in [3.8, 4) is 0 Å². The molecular weight excluding hydrogens is 214 g/mol. The van der Waals surface area contributed by atoms with Crippen LogP contribution >= 0.6 is 12.6 Å². The van der Waals surface area contributed by atoms with Crippen molar-refractivity contribution in [2.75, 3.05) is 26.0 Å². The molecule has 0 rings (SSSR count). The molecule has 0 aromatic rings. The summed E-state index contributed by atoms with van der Waals surface area (Å²) in [5.41, 5.74) is 0. The molecule has 0 amide bonds. The number of hydrogen-bond acceptors (Lipinski definition) is 5. The summed E-state index contributed by atoms with van der Waals surface area (Å²) < 4.78 is 26.3. The van der Waals surface area contributed by atoms with Crippen molar-refractivity contribution < 1.29 is 18.3 Å². The fourth-order valence-corrected chi connectivity index (χ4v) is 0.932. The van der Waals surface area contributed by atoms with Gasteiger partial charge in [0.15, 0.2) is 0 Å². The predicted octanol–water partition coefficient (Wildman–Crippen LogP) is -0.425. The largest absolute Gasteiger partial charge is 0.760 e. The molecule has 0 saturated carbocycles. The third kappa shape index (κ3) is 7.00. The summed E-state index contributed by atoms with van der Waals surface area (Å²) in [6, 6.07) is 0. The number of carbonyl (C=O) groups is 1. The van der Waals surface area contributed by atoms with E-state index in [1.807, 2.05) is 0 Å². The molecule has 0 fully saturated rings. The monoisotopic (exact) mass is 226 g/mol. The van der Waals surface area contributed by atoms with Crippen LogP contribution in [0, 0.1) is 0 Å². The quantitative estimate of drug-likeness (QED) is 0.379. The first-order valence-electron chi connectivity index (χ1n) is 3.65. The molecule has 0 bridgehead atoms. The molecule has 0 aromatic heterocycles. The van der Waals surface area contributed by atoms with Gasteiger partial charge >= 0.3 is 5.97 Å². The van der Waals surface area contributed by atoms with Gasteiger partial charge in [-0.1, -0.05) is 0 Å². The van der Waals surface area contributed by atoms with Crippen LogP contribution in [0.5, 0.6) is 0 Å². The van der Waals surface area contributed by atoms with Crippen LogP contribution in [0.2, 0.25) is 0 Å². The highest BCUT2D eigenvalue weighted by Crippen LogP contribution is 1.91. The van der Waals surface area contributed by atoms with E-state index in [-0.39, 0.29) is 25.5 Å². The highest BCUT2D eigenvalue weighted by molar-refractivity contribution is 7.80. The maximum atomic E-state index is 10.8. The van der Waals surface area contributed by atoms with E-state index in [0.29, 0.717) is 5.75 Å². The van der Waals surface area contributed by atoms with Gasteiger partial charge in [-0.3, -0.25) is 9.00 Å². The Morgan fingerprint density at radius 3 is 2.77 bits per heavy atom. The fraction of sp³-hybridized carbons (Fsp3) is 0.833. The zero-order valence-corrected chi connectivity index (χ0v) is 8.98. The van der Waals surface area contributed by atoms with Gasteiger partial charge in [0, 0.05) is 23.6 Å². The Balaban J connectivity index is 3.44. The Labute approximate surface area is 85.3 Å². The zero-order valence-electron chi connectivity index (χ0n) is 7.26. The van der Waals surface area contributed by atoms with Gasteiger partial charge in [0.05, 0.1) is 6.42 Å². The Morgan fingerprint density at radius 2 is 2.31 bits per heavy atom. The third-order valence-electron chi connectivity index (χ3n) is 1.24. The Bertz CT molecular complexity index is 187. The lowest BCUT2D eigenvalue weighted by Crippen LogP contribution is -2.26. The van der Waals surface area contributed by atoms with Crippen LogP contribution < -0.4 is 0 Å². The molecule has 78 valence electrons. The molecule has 0 spiro atoms. The summed E-state index contributed by atoms with van der Waals surface area (Å²) in [5, 5.41) is 0. The smallest absolute Gasteiger partial charge is 0.306 e. The maximum Gasteiger partial charge on any atom is 0.306 e. The number of carbonyl (C=O) groups excluding carboxylic acids is 1. The van der Waals surface area contributed by atoms with E-state index in [1.54, 1.807) is 0 Å². The van der Waals surface area contributed by atoms with Crippen LogP contribution in [0.1, 0.15) is 6.42 Å². The molecule has 0 radical (unpaired) electrons. The Hall–Kier alpha value is -0.110. The van der Waals surface area contributed by atoms with Gasteiger partial charge in [0.2, 0.25) is 0 Å². The van der Waals surface area contributed by atoms with Gasteiger partial charge in [-0.25, -0.2) is 4.31 Å². The van der Waals surface area contributed by atoms with Crippen molar-refractivity contribution >= 4 is 29.9 Å². The van der Waals surface area contributed by atoms with E-state index in [0.717, 1.165) is 4.31 Å². The molecule has 0 aliphatic rings. The average Bonchev–Trinajstić information content (AvgIpc) is 2.04. The summed E-state index contributed by atoms with van der Waals surface area (Å²) in [6.07, 6.45) is 0.243. The van der Waals surface area contributed by atoms with Gasteiger partial charge < -0.3 is 9.29 Å². The fourth-order valence-electron chi connectivity index (χ4n) is 0.526. The van der Waals surface area contributed by atoms with E-state index in [2.05, 4.69) is 12.6 Å². The lowest BCUT2D eigenvalue weighted by molar-refractivity contribution is -0.143. The summed E-state index contributed by atoms with van der Waals surface area (Å²) in [5.74, 6) is 0.0717. The molecule has 1 atom stereocenters. The average molecular weight is 226 g/mol. The number of likely N-dealkylation sites (N-methyl/N-ethyl adjacent to an activating group) is 1. The number of hydrogen-bond donors (Lipinski definition) is 1. The van der Waals surface area contributed by atoms with Gasteiger partial charge in [-0.2, -0.15) is 12.6 Å². The molecule has 0 saturated heterocycles. The van der Waals surface area contributed by atoms with Crippen molar-refractivity contribution in [3.05, 3.63) is 0 Å². The van der Waals surface area contributed by atoms with Crippen molar-refractivity contribution in [3.63, 3.8) is 0 Å². The van der Waals surface area contributed by atoms with Crippen LogP contribution in [0.4, 0.5) is 0 Å². The number of ether oxygens (including phenoxy) is 1. The minimum Gasteiger partial charge on any atom is -0.760 e. The minimum atomic E-state index is -2.25. The summed E-state index contributed by atoms with van der Waals surface area (Å²) >= 11 is 1.59. The molecular formula is C6H12NO4S2-. The lowest BCUT2D eigenvalue weighted by Gasteiger charge is -2.18. The summed E-state index contributed by atoms with van der Waals surface area (Å²) in [6.45, 7) is 0.255. The third-order valence-corrected chi connectivity index (χ3v) is 2.15. The second-order valence-electron chi connectivity index (χ2n) is 2.26. The van der Waals surface area contributed by atoms with Gasteiger partial charge in [-0.05, 0) is 7.05 Å². The molecule has 0 aliphatic carbocycles. The molecule has 5 nitrogen and oxygen atoms in total. The number of esters is 1. The second-order valence-corrected chi connectivity index (χ2v) is 3.77. The lowest BCUT2D eigenvalue weighted by atomic mass is 10.5. The topological polar surface area (TPSA) is 69.7 Å². The van der Waals surface area contributed by atoms with Gasteiger partial charge in [0.1, 0.15) is 6.61 Å². The zero-order chi connectivity index (χ0) is 10.3. The standard InChI is InChI=1S/C6H13NO4S2/c1-7(13(9)10)3-4-11-6(8)2-5-12/h12H,2-5H2,1H3,(H,9,10)/p-1. The highest BCUT2D eigenvalue weighted by atomic mass is 32.2. The predicted molar refractivity (Wildman–Crippen MR) is 51.0 cm³/mol. The van der Waals surface area contributed by atoms with Gasteiger partial charge in [0.25, 0.3) is 0 Å². The number of thiol groups is 1. The second kappa shape index (κ2) is 7.31. The van der Waals surface area contributed by atoms with Crippen LogP contribution in [0.25, 0.3) is 0 Å².